The number of nitrogens with zero attached hydrogens (tertiary/aromatic N) is 3. The highest BCUT2D eigenvalue weighted by Gasteiger charge is 2.42. The second kappa shape index (κ2) is 5.01. The summed E-state index contributed by atoms with van der Waals surface area (Å²) in [4.78, 5) is 13.6. The summed E-state index contributed by atoms with van der Waals surface area (Å²) in [6, 6.07) is 4.72. The Balaban J connectivity index is 1.80. The molecule has 1 amide bonds. The molecule has 0 bridgehead atoms. The van der Waals surface area contributed by atoms with Gasteiger partial charge in [0, 0.05) is 18.7 Å². The van der Waals surface area contributed by atoms with Crippen molar-refractivity contribution in [2.75, 3.05) is 13.1 Å². The maximum absolute atomic E-state index is 12.8. The Morgan fingerprint density at radius 3 is 2.81 bits per heavy atom. The van der Waals surface area contributed by atoms with E-state index in [4.69, 9.17) is 0 Å². The van der Waals surface area contributed by atoms with Crippen LogP contribution in [0, 0.1) is 5.92 Å². The molecule has 21 heavy (non-hydrogen) atoms. The third kappa shape index (κ3) is 2.70. The lowest BCUT2D eigenvalue weighted by Crippen LogP contribution is -2.44. The Bertz CT molecular complexity index is 667. The number of hydrogen-bond acceptors (Lipinski definition) is 3. The van der Waals surface area contributed by atoms with Crippen LogP contribution in [0.4, 0.5) is 13.2 Å². The van der Waals surface area contributed by atoms with E-state index in [0.717, 1.165) is 0 Å². The second-order valence-electron chi connectivity index (χ2n) is 5.16. The van der Waals surface area contributed by atoms with Gasteiger partial charge in [-0.15, -0.1) is 0 Å². The fourth-order valence-electron chi connectivity index (χ4n) is 2.58. The molecule has 3 rings (SSSR count). The van der Waals surface area contributed by atoms with Crippen LogP contribution in [0.2, 0.25) is 0 Å². The van der Waals surface area contributed by atoms with E-state index >= 15 is 0 Å². The lowest BCUT2D eigenvalue weighted by Gasteiger charge is -2.33. The summed E-state index contributed by atoms with van der Waals surface area (Å²) in [6.07, 6.45) is -3.81. The zero-order chi connectivity index (χ0) is 15.0. The number of nitrogens with one attached hydrogen (secondary N) is 1. The van der Waals surface area contributed by atoms with E-state index in [9.17, 15) is 18.0 Å². The van der Waals surface area contributed by atoms with Crippen LogP contribution in [-0.4, -0.2) is 45.5 Å². The number of likely N-dealkylation sites (tertiary alicyclic amines) is 1. The summed E-state index contributed by atoms with van der Waals surface area (Å²) in [5, 5.41) is 10.2. The lowest BCUT2D eigenvalue weighted by molar-refractivity contribution is -0.184. The van der Waals surface area contributed by atoms with E-state index in [0.29, 0.717) is 29.6 Å². The topological polar surface area (TPSA) is 61.9 Å². The number of aromatic nitrogens is 3. The molecule has 1 saturated heterocycles. The number of hydrogen-bond donors (Lipinski definition) is 1. The Morgan fingerprint density at radius 1 is 1.29 bits per heavy atom. The molecular formula is C13H13F3N4O. The van der Waals surface area contributed by atoms with Gasteiger partial charge in [-0.05, 0) is 31.0 Å². The molecule has 1 aliphatic rings. The normalized spacial score (nSPS) is 20.0. The van der Waals surface area contributed by atoms with Crippen LogP contribution in [0.15, 0.2) is 18.2 Å². The largest absolute Gasteiger partial charge is 0.393 e. The van der Waals surface area contributed by atoms with Gasteiger partial charge in [0.25, 0.3) is 5.91 Å². The van der Waals surface area contributed by atoms with Crippen molar-refractivity contribution in [3.63, 3.8) is 0 Å². The van der Waals surface area contributed by atoms with Gasteiger partial charge in [-0.3, -0.25) is 4.79 Å². The summed E-state index contributed by atoms with van der Waals surface area (Å²) in [6.45, 7) is 0.0709. The smallest absolute Gasteiger partial charge is 0.338 e. The summed E-state index contributed by atoms with van der Waals surface area (Å²) in [7, 11) is 0. The number of aromatic amines is 1. The van der Waals surface area contributed by atoms with Crippen molar-refractivity contribution < 1.29 is 18.0 Å². The number of benzene rings is 1. The summed E-state index contributed by atoms with van der Waals surface area (Å²) in [5.74, 6) is -1.83. The maximum Gasteiger partial charge on any atom is 0.393 e. The van der Waals surface area contributed by atoms with Gasteiger partial charge in [-0.2, -0.15) is 28.6 Å². The monoisotopic (exact) mass is 298 g/mol. The number of amides is 1. The number of H-pyrrole nitrogens is 1. The number of rotatable bonds is 1. The number of alkyl halides is 3. The number of fused-ring (bicyclic) bond motifs is 1. The van der Waals surface area contributed by atoms with Gasteiger partial charge in [-0.25, -0.2) is 0 Å². The zero-order valence-corrected chi connectivity index (χ0v) is 11.0. The molecule has 2 aromatic rings. The van der Waals surface area contributed by atoms with Crippen LogP contribution < -0.4 is 0 Å². The van der Waals surface area contributed by atoms with E-state index < -0.39 is 18.0 Å². The van der Waals surface area contributed by atoms with Gasteiger partial charge < -0.3 is 4.90 Å². The number of carbonyl (C=O) groups is 1. The molecule has 0 radical (unpaired) electrons. The Kier molecular flexibility index (Phi) is 3.30. The first-order chi connectivity index (χ1) is 9.95. The molecule has 112 valence electrons. The van der Waals surface area contributed by atoms with Crippen molar-refractivity contribution in [1.29, 1.82) is 0 Å². The van der Waals surface area contributed by atoms with E-state index in [1.807, 2.05) is 0 Å². The minimum atomic E-state index is -4.25. The average molecular weight is 298 g/mol. The summed E-state index contributed by atoms with van der Waals surface area (Å²) < 4.78 is 38.4. The number of carbonyl (C=O) groups excluding carboxylic acids is 1. The van der Waals surface area contributed by atoms with Crippen molar-refractivity contribution in [1.82, 2.24) is 20.3 Å². The minimum absolute atomic E-state index is 0.0790. The van der Waals surface area contributed by atoms with E-state index in [2.05, 4.69) is 15.4 Å². The van der Waals surface area contributed by atoms with E-state index in [-0.39, 0.29) is 13.0 Å². The molecule has 1 aliphatic heterocycles. The lowest BCUT2D eigenvalue weighted by atomic mass is 9.97. The van der Waals surface area contributed by atoms with Crippen molar-refractivity contribution in [2.45, 2.75) is 19.0 Å². The Labute approximate surface area is 118 Å². The summed E-state index contributed by atoms with van der Waals surface area (Å²) in [5.41, 5.74) is 1.46. The zero-order valence-electron chi connectivity index (χ0n) is 11.0. The molecule has 8 heteroatoms. The molecule has 1 aromatic heterocycles. The molecule has 1 aromatic carbocycles. The van der Waals surface area contributed by atoms with Crippen LogP contribution in [0.3, 0.4) is 0 Å². The predicted octanol–water partition coefficient (Wildman–Crippen LogP) is 2.37. The van der Waals surface area contributed by atoms with Crippen LogP contribution in [0.25, 0.3) is 11.0 Å². The van der Waals surface area contributed by atoms with Crippen LogP contribution in [0.5, 0.6) is 0 Å². The molecule has 1 atom stereocenters. The fraction of sp³-hybridized carbons (Fsp3) is 0.462. The predicted molar refractivity (Wildman–Crippen MR) is 68.6 cm³/mol. The first-order valence-electron chi connectivity index (χ1n) is 6.61. The molecule has 5 nitrogen and oxygen atoms in total. The molecule has 1 N–H and O–H groups in total. The molecule has 0 saturated carbocycles. The van der Waals surface area contributed by atoms with Gasteiger partial charge in [-0.1, -0.05) is 0 Å². The van der Waals surface area contributed by atoms with E-state index in [1.54, 1.807) is 18.2 Å². The highest BCUT2D eigenvalue weighted by molar-refractivity contribution is 5.97. The first-order valence-corrected chi connectivity index (χ1v) is 6.61. The number of halogens is 3. The fourth-order valence-corrected chi connectivity index (χ4v) is 2.58. The highest BCUT2D eigenvalue weighted by Crippen LogP contribution is 2.33. The van der Waals surface area contributed by atoms with Crippen LogP contribution in [0.1, 0.15) is 23.2 Å². The third-order valence-corrected chi connectivity index (χ3v) is 3.73. The molecule has 0 unspecified atom stereocenters. The molecule has 1 fully saturated rings. The maximum atomic E-state index is 12.8. The molecule has 0 spiro atoms. The standard InChI is InChI=1S/C13H13F3N4O/c14-13(15,16)9-2-1-5-20(7-9)12(21)8-3-4-10-11(6-8)18-19-17-10/h3-4,6,9H,1-2,5,7H2,(H,17,18,19)/t9-/m0/s1. The van der Waals surface area contributed by atoms with Crippen molar-refractivity contribution in [3.8, 4) is 0 Å². The minimum Gasteiger partial charge on any atom is -0.338 e. The average Bonchev–Trinajstić information content (AvgIpc) is 2.93. The van der Waals surface area contributed by atoms with E-state index in [1.165, 1.54) is 4.90 Å². The van der Waals surface area contributed by atoms with Crippen molar-refractivity contribution in [2.24, 2.45) is 5.92 Å². The van der Waals surface area contributed by atoms with Crippen molar-refractivity contribution in [3.05, 3.63) is 23.8 Å². The highest BCUT2D eigenvalue weighted by atomic mass is 19.4. The quantitative estimate of drug-likeness (QED) is 0.879. The van der Waals surface area contributed by atoms with Crippen molar-refractivity contribution >= 4 is 16.9 Å². The molecule has 2 heterocycles. The van der Waals surface area contributed by atoms with Gasteiger partial charge in [0.05, 0.1) is 5.92 Å². The van der Waals surface area contributed by atoms with Gasteiger partial charge >= 0.3 is 6.18 Å². The molecule has 0 aliphatic carbocycles. The third-order valence-electron chi connectivity index (χ3n) is 3.73. The summed E-state index contributed by atoms with van der Waals surface area (Å²) >= 11 is 0. The first kappa shape index (κ1) is 13.8. The Hall–Kier alpha value is -2.12. The second-order valence-corrected chi connectivity index (χ2v) is 5.16. The van der Waals surface area contributed by atoms with Gasteiger partial charge in [0.2, 0.25) is 0 Å². The Morgan fingerprint density at radius 2 is 2.05 bits per heavy atom. The molecular weight excluding hydrogens is 285 g/mol. The van der Waals surface area contributed by atoms with Gasteiger partial charge in [0.15, 0.2) is 0 Å². The number of piperidine rings is 1. The SMILES string of the molecule is O=C(c1ccc2n[nH]nc2c1)N1CCC[C@H](C(F)(F)F)C1. The van der Waals surface area contributed by atoms with Gasteiger partial charge in [0.1, 0.15) is 11.0 Å². The van der Waals surface area contributed by atoms with Crippen LogP contribution in [-0.2, 0) is 0 Å². The van der Waals surface area contributed by atoms with Crippen LogP contribution >= 0.6 is 0 Å².